The molecule has 1 saturated heterocycles. The van der Waals surface area contributed by atoms with Crippen molar-refractivity contribution in [3.63, 3.8) is 0 Å². The van der Waals surface area contributed by atoms with E-state index in [9.17, 15) is 14.4 Å². The number of aromatic nitrogens is 2. The fourth-order valence-electron chi connectivity index (χ4n) is 1.66. The summed E-state index contributed by atoms with van der Waals surface area (Å²) in [6, 6.07) is 0. The van der Waals surface area contributed by atoms with Crippen LogP contribution in [0.3, 0.4) is 0 Å². The minimum absolute atomic E-state index is 0.105. The van der Waals surface area contributed by atoms with Gasteiger partial charge in [0.25, 0.3) is 11.8 Å². The fourth-order valence-corrected chi connectivity index (χ4v) is 1.66. The molecule has 0 bridgehead atoms. The predicted octanol–water partition coefficient (Wildman–Crippen LogP) is -0.646. The number of amides is 3. The van der Waals surface area contributed by atoms with Crippen LogP contribution in [0.4, 0.5) is 0 Å². The van der Waals surface area contributed by atoms with Crippen molar-refractivity contribution in [3.8, 4) is 0 Å². The zero-order valence-electron chi connectivity index (χ0n) is 10.0. The van der Waals surface area contributed by atoms with E-state index in [4.69, 9.17) is 0 Å². The average molecular weight is 248 g/mol. The molecule has 2 rings (SSSR count). The number of carbonyl (C=O) groups is 3. The van der Waals surface area contributed by atoms with Crippen LogP contribution in [0, 0.1) is 0 Å². The third-order valence-corrected chi connectivity index (χ3v) is 2.81. The average Bonchev–Trinajstić information content (AvgIpc) is 2.34. The molecule has 0 aliphatic carbocycles. The molecule has 0 saturated carbocycles. The molecule has 1 aromatic heterocycles. The smallest absolute Gasteiger partial charge is 0.275 e. The van der Waals surface area contributed by atoms with Crippen molar-refractivity contribution >= 4 is 17.7 Å². The van der Waals surface area contributed by atoms with Gasteiger partial charge in [-0.1, -0.05) is 0 Å². The van der Waals surface area contributed by atoms with Gasteiger partial charge in [0.2, 0.25) is 5.91 Å². The summed E-state index contributed by atoms with van der Waals surface area (Å²) in [6.45, 7) is 2.97. The molecule has 94 valence electrons. The van der Waals surface area contributed by atoms with E-state index in [-0.39, 0.29) is 12.2 Å². The Kier molecular flexibility index (Phi) is 2.82. The fraction of sp³-hybridized carbons (Fsp3) is 0.364. The first-order chi connectivity index (χ1) is 8.43. The Hall–Kier alpha value is -2.31. The minimum Gasteiger partial charge on any atom is -0.314 e. The van der Waals surface area contributed by atoms with Crippen LogP contribution < -0.4 is 5.32 Å². The Morgan fingerprint density at radius 1 is 1.39 bits per heavy atom. The molecule has 0 unspecified atom stereocenters. The molecule has 7 heteroatoms. The summed E-state index contributed by atoms with van der Waals surface area (Å²) in [5.74, 6) is -1.50. The second-order valence-corrected chi connectivity index (χ2v) is 4.42. The van der Waals surface area contributed by atoms with Crippen molar-refractivity contribution in [2.24, 2.45) is 0 Å². The standard InChI is InChI=1S/C11H12N4O3/c1-11(2)10(18)14-8(16)6-15(11)9(17)7-5-12-3-4-13-7/h3-5H,6H2,1-2H3,(H,14,16,18). The molecule has 3 amide bonds. The van der Waals surface area contributed by atoms with Crippen molar-refractivity contribution in [1.29, 1.82) is 0 Å². The zero-order valence-corrected chi connectivity index (χ0v) is 10.0. The Morgan fingerprint density at radius 2 is 2.11 bits per heavy atom. The summed E-state index contributed by atoms with van der Waals surface area (Å²) in [7, 11) is 0. The maximum Gasteiger partial charge on any atom is 0.275 e. The molecule has 0 atom stereocenters. The largest absolute Gasteiger partial charge is 0.314 e. The molecule has 0 radical (unpaired) electrons. The Morgan fingerprint density at radius 3 is 2.72 bits per heavy atom. The van der Waals surface area contributed by atoms with E-state index in [1.807, 2.05) is 0 Å². The van der Waals surface area contributed by atoms with Gasteiger partial charge in [-0.25, -0.2) is 4.98 Å². The Balaban J connectivity index is 2.34. The summed E-state index contributed by atoms with van der Waals surface area (Å²) in [6.07, 6.45) is 4.12. The van der Waals surface area contributed by atoms with Gasteiger partial charge >= 0.3 is 0 Å². The highest BCUT2D eigenvalue weighted by Crippen LogP contribution is 2.20. The summed E-state index contributed by atoms with van der Waals surface area (Å²) < 4.78 is 0. The number of rotatable bonds is 1. The zero-order chi connectivity index (χ0) is 13.3. The van der Waals surface area contributed by atoms with Crippen molar-refractivity contribution < 1.29 is 14.4 Å². The molecule has 2 heterocycles. The molecule has 18 heavy (non-hydrogen) atoms. The highest BCUT2D eigenvalue weighted by molar-refractivity contribution is 6.08. The van der Waals surface area contributed by atoms with Gasteiger partial charge in [0, 0.05) is 12.4 Å². The number of piperazine rings is 1. The SMILES string of the molecule is CC1(C)C(=O)NC(=O)CN1C(=O)c1cnccn1. The van der Waals surface area contributed by atoms with Crippen LogP contribution >= 0.6 is 0 Å². The summed E-state index contributed by atoms with van der Waals surface area (Å²) >= 11 is 0. The first kappa shape index (κ1) is 12.2. The maximum absolute atomic E-state index is 12.2. The van der Waals surface area contributed by atoms with Gasteiger partial charge in [0.15, 0.2) is 0 Å². The molecule has 1 fully saturated rings. The van der Waals surface area contributed by atoms with Crippen LogP contribution in [0.15, 0.2) is 18.6 Å². The lowest BCUT2D eigenvalue weighted by Crippen LogP contribution is -2.65. The molecule has 1 aromatic rings. The van der Waals surface area contributed by atoms with Gasteiger partial charge in [-0.15, -0.1) is 0 Å². The van der Waals surface area contributed by atoms with E-state index in [1.165, 1.54) is 23.5 Å². The minimum atomic E-state index is -1.09. The normalized spacial score (nSPS) is 18.4. The molecule has 1 aliphatic rings. The lowest BCUT2D eigenvalue weighted by atomic mass is 9.98. The van der Waals surface area contributed by atoms with Gasteiger partial charge in [-0.2, -0.15) is 0 Å². The molecule has 0 aromatic carbocycles. The van der Waals surface area contributed by atoms with Gasteiger partial charge in [-0.3, -0.25) is 24.7 Å². The van der Waals surface area contributed by atoms with Crippen molar-refractivity contribution in [3.05, 3.63) is 24.3 Å². The van der Waals surface area contributed by atoms with E-state index >= 15 is 0 Å². The van der Waals surface area contributed by atoms with E-state index in [0.29, 0.717) is 0 Å². The van der Waals surface area contributed by atoms with Crippen LogP contribution in [0.1, 0.15) is 24.3 Å². The Labute approximate surface area is 103 Å². The van der Waals surface area contributed by atoms with Crippen LogP contribution in [0.5, 0.6) is 0 Å². The molecule has 1 aliphatic heterocycles. The van der Waals surface area contributed by atoms with Crippen LogP contribution in [0.25, 0.3) is 0 Å². The number of nitrogens with zero attached hydrogens (tertiary/aromatic N) is 3. The Bertz CT molecular complexity index is 512. The third-order valence-electron chi connectivity index (χ3n) is 2.81. The lowest BCUT2D eigenvalue weighted by molar-refractivity contribution is -0.143. The highest BCUT2D eigenvalue weighted by atomic mass is 16.2. The van der Waals surface area contributed by atoms with Crippen molar-refractivity contribution in [2.45, 2.75) is 19.4 Å². The van der Waals surface area contributed by atoms with E-state index < -0.39 is 23.3 Å². The number of imide groups is 1. The van der Waals surface area contributed by atoms with E-state index in [0.717, 1.165) is 0 Å². The summed E-state index contributed by atoms with van der Waals surface area (Å²) in [4.78, 5) is 44.1. The second-order valence-electron chi connectivity index (χ2n) is 4.42. The monoisotopic (exact) mass is 248 g/mol. The first-order valence-electron chi connectivity index (χ1n) is 5.35. The quantitative estimate of drug-likeness (QED) is 0.667. The van der Waals surface area contributed by atoms with Crippen LogP contribution in [0.2, 0.25) is 0 Å². The van der Waals surface area contributed by atoms with Gasteiger partial charge in [-0.05, 0) is 13.8 Å². The van der Waals surface area contributed by atoms with Crippen LogP contribution in [-0.4, -0.2) is 44.7 Å². The van der Waals surface area contributed by atoms with E-state index in [2.05, 4.69) is 15.3 Å². The van der Waals surface area contributed by atoms with Gasteiger partial charge < -0.3 is 4.90 Å². The summed E-state index contributed by atoms with van der Waals surface area (Å²) in [5, 5.41) is 2.20. The van der Waals surface area contributed by atoms with Crippen molar-refractivity contribution in [1.82, 2.24) is 20.2 Å². The molecule has 1 N–H and O–H groups in total. The topological polar surface area (TPSA) is 92.3 Å². The number of nitrogens with one attached hydrogen (secondary N) is 1. The molecule has 0 spiro atoms. The number of carbonyl (C=O) groups excluding carboxylic acids is 3. The maximum atomic E-state index is 12.2. The van der Waals surface area contributed by atoms with E-state index in [1.54, 1.807) is 13.8 Å². The number of hydrogen-bond acceptors (Lipinski definition) is 5. The predicted molar refractivity (Wildman–Crippen MR) is 60.3 cm³/mol. The van der Waals surface area contributed by atoms with Crippen LogP contribution in [-0.2, 0) is 9.59 Å². The van der Waals surface area contributed by atoms with Gasteiger partial charge in [0.1, 0.15) is 17.8 Å². The molecule has 7 nitrogen and oxygen atoms in total. The first-order valence-corrected chi connectivity index (χ1v) is 5.35. The summed E-state index contributed by atoms with van der Waals surface area (Å²) in [5.41, 5.74) is -0.990. The lowest BCUT2D eigenvalue weighted by Gasteiger charge is -2.39. The highest BCUT2D eigenvalue weighted by Gasteiger charge is 2.44. The molecular formula is C11H12N4O3. The number of hydrogen-bond donors (Lipinski definition) is 1. The van der Waals surface area contributed by atoms with Gasteiger partial charge in [0.05, 0.1) is 6.20 Å². The second kappa shape index (κ2) is 4.17. The molecular weight excluding hydrogens is 236 g/mol. The van der Waals surface area contributed by atoms with Crippen molar-refractivity contribution in [2.75, 3.05) is 6.54 Å². The third kappa shape index (κ3) is 1.94.